The summed E-state index contributed by atoms with van der Waals surface area (Å²) in [6.07, 6.45) is 3.16. The van der Waals surface area contributed by atoms with E-state index in [1.54, 1.807) is 43.6 Å². The highest BCUT2D eigenvalue weighted by molar-refractivity contribution is 6.15. The van der Waals surface area contributed by atoms with Gasteiger partial charge in [-0.1, -0.05) is 24.3 Å². The third-order valence-electron chi connectivity index (χ3n) is 4.79. The van der Waals surface area contributed by atoms with Crippen molar-refractivity contribution in [2.45, 2.75) is 19.5 Å². The van der Waals surface area contributed by atoms with E-state index in [2.05, 4.69) is 4.98 Å². The third-order valence-corrected chi connectivity index (χ3v) is 4.79. The first-order valence-electron chi connectivity index (χ1n) is 8.96. The lowest BCUT2D eigenvalue weighted by atomic mass is 9.94. The van der Waals surface area contributed by atoms with E-state index < -0.39 is 29.3 Å². The molecule has 7 heteroatoms. The zero-order valence-electron chi connectivity index (χ0n) is 15.5. The number of nitrogens with zero attached hydrogens (tertiary/aromatic N) is 2. The van der Waals surface area contributed by atoms with Crippen molar-refractivity contribution in [1.82, 2.24) is 9.88 Å². The summed E-state index contributed by atoms with van der Waals surface area (Å²) < 4.78 is 20.0. The van der Waals surface area contributed by atoms with Gasteiger partial charge in [0, 0.05) is 24.5 Å². The van der Waals surface area contributed by atoms with Crippen LogP contribution in [0.4, 0.5) is 4.39 Å². The first kappa shape index (κ1) is 18.6. The Balaban J connectivity index is 1.82. The van der Waals surface area contributed by atoms with Crippen molar-refractivity contribution in [2.24, 2.45) is 0 Å². The van der Waals surface area contributed by atoms with E-state index >= 15 is 0 Å². The van der Waals surface area contributed by atoms with Crippen molar-refractivity contribution in [1.29, 1.82) is 0 Å². The van der Waals surface area contributed by atoms with Gasteiger partial charge in [0.2, 0.25) is 5.78 Å². The average molecular weight is 392 g/mol. The summed E-state index contributed by atoms with van der Waals surface area (Å²) in [6, 6.07) is 11.3. The van der Waals surface area contributed by atoms with E-state index in [4.69, 9.17) is 4.42 Å². The fraction of sp³-hybridized carbons (Fsp3) is 0.136. The van der Waals surface area contributed by atoms with Gasteiger partial charge in [0.05, 0.1) is 11.6 Å². The van der Waals surface area contributed by atoms with Crippen LogP contribution in [-0.4, -0.2) is 26.7 Å². The molecule has 29 heavy (non-hydrogen) atoms. The maximum atomic E-state index is 14.7. The summed E-state index contributed by atoms with van der Waals surface area (Å²) in [5.74, 6) is -2.23. The lowest BCUT2D eigenvalue weighted by Gasteiger charge is -2.27. The number of carbonyl (C=O) groups is 2. The Morgan fingerprint density at radius 3 is 2.66 bits per heavy atom. The molecule has 1 aliphatic rings. The maximum absolute atomic E-state index is 14.7. The lowest BCUT2D eigenvalue weighted by Crippen LogP contribution is -2.31. The fourth-order valence-electron chi connectivity index (χ4n) is 3.45. The predicted molar refractivity (Wildman–Crippen MR) is 101 cm³/mol. The monoisotopic (exact) mass is 392 g/mol. The van der Waals surface area contributed by atoms with E-state index in [0.29, 0.717) is 11.3 Å². The molecule has 1 atom stereocenters. The van der Waals surface area contributed by atoms with Crippen LogP contribution in [0.15, 0.2) is 76.7 Å². The number of aliphatic hydroxyl groups is 1. The van der Waals surface area contributed by atoms with E-state index in [0.717, 1.165) is 0 Å². The van der Waals surface area contributed by atoms with Crippen molar-refractivity contribution >= 4 is 11.7 Å². The van der Waals surface area contributed by atoms with Gasteiger partial charge in [0.25, 0.3) is 5.91 Å². The number of pyridine rings is 1. The molecule has 0 aliphatic carbocycles. The van der Waals surface area contributed by atoms with Crippen LogP contribution in [-0.2, 0) is 11.3 Å². The minimum Gasteiger partial charge on any atom is -0.503 e. The molecular formula is C22H17FN2O4. The van der Waals surface area contributed by atoms with Gasteiger partial charge in [-0.3, -0.25) is 14.6 Å². The van der Waals surface area contributed by atoms with Gasteiger partial charge >= 0.3 is 0 Å². The van der Waals surface area contributed by atoms with Crippen molar-refractivity contribution in [3.8, 4) is 0 Å². The number of Topliss-reactive ketones (excluding diaryl/α,β-unsaturated/α-hetero) is 1. The van der Waals surface area contributed by atoms with Gasteiger partial charge in [-0.15, -0.1) is 0 Å². The smallest absolute Gasteiger partial charge is 0.290 e. The average Bonchev–Trinajstić information content (AvgIpc) is 3.26. The van der Waals surface area contributed by atoms with Gasteiger partial charge in [0.15, 0.2) is 11.5 Å². The molecule has 146 valence electrons. The molecule has 0 spiro atoms. The number of aliphatic hydroxyl groups excluding tert-OH is 1. The molecule has 2 aromatic heterocycles. The van der Waals surface area contributed by atoms with Gasteiger partial charge < -0.3 is 14.4 Å². The zero-order valence-corrected chi connectivity index (χ0v) is 15.5. The van der Waals surface area contributed by atoms with E-state index in [1.807, 2.05) is 0 Å². The van der Waals surface area contributed by atoms with Crippen LogP contribution in [0.5, 0.6) is 0 Å². The summed E-state index contributed by atoms with van der Waals surface area (Å²) in [5, 5.41) is 10.6. The number of amides is 1. The van der Waals surface area contributed by atoms with Gasteiger partial charge in [-0.2, -0.15) is 0 Å². The van der Waals surface area contributed by atoms with Crippen LogP contribution < -0.4 is 0 Å². The number of aromatic nitrogens is 1. The van der Waals surface area contributed by atoms with Crippen molar-refractivity contribution < 1.29 is 23.5 Å². The Kier molecular flexibility index (Phi) is 4.72. The third kappa shape index (κ3) is 3.31. The number of rotatable bonds is 5. The first-order valence-corrected chi connectivity index (χ1v) is 8.96. The predicted octanol–water partition coefficient (Wildman–Crippen LogP) is 3.90. The highest BCUT2D eigenvalue weighted by Gasteiger charge is 2.45. The molecule has 0 saturated carbocycles. The minimum atomic E-state index is -1.10. The van der Waals surface area contributed by atoms with E-state index in [1.165, 1.54) is 29.2 Å². The van der Waals surface area contributed by atoms with Crippen molar-refractivity contribution in [2.75, 3.05) is 0 Å². The Labute approximate surface area is 165 Å². The molecule has 0 bridgehead atoms. The number of hydrogen-bond donors (Lipinski definition) is 1. The molecule has 3 heterocycles. The second-order valence-electron chi connectivity index (χ2n) is 6.72. The maximum Gasteiger partial charge on any atom is 0.290 e. The molecule has 0 fully saturated rings. The van der Waals surface area contributed by atoms with Crippen LogP contribution in [0.3, 0.4) is 0 Å². The molecule has 4 rings (SSSR count). The second kappa shape index (κ2) is 7.35. The van der Waals surface area contributed by atoms with Crippen LogP contribution in [0.25, 0.3) is 0 Å². The second-order valence-corrected chi connectivity index (χ2v) is 6.72. The molecule has 1 aliphatic heterocycles. The number of aryl methyl sites for hydroxylation is 1. The van der Waals surface area contributed by atoms with Gasteiger partial charge in [-0.25, -0.2) is 4.39 Å². The highest BCUT2D eigenvalue weighted by atomic mass is 19.1. The van der Waals surface area contributed by atoms with Crippen molar-refractivity contribution in [3.05, 3.63) is 101 Å². The molecule has 6 nitrogen and oxygen atoms in total. The number of hydrogen-bond acceptors (Lipinski definition) is 5. The molecule has 1 amide bonds. The summed E-state index contributed by atoms with van der Waals surface area (Å²) in [6.45, 7) is 1.72. The normalized spacial score (nSPS) is 16.6. The molecule has 3 aromatic rings. The number of ketones is 1. The molecule has 0 saturated heterocycles. The van der Waals surface area contributed by atoms with Crippen LogP contribution in [0, 0.1) is 12.7 Å². The van der Waals surface area contributed by atoms with Crippen LogP contribution in [0.1, 0.15) is 33.5 Å². The standard InChI is InChI=1S/C22H17FN2O4/c1-13-8-9-17(29-13)20(26)18-19(15-6-2-3-7-16(15)23)25(22(28)21(18)27)12-14-5-4-10-24-11-14/h2-11,19,27H,12H2,1H3. The lowest BCUT2D eigenvalue weighted by molar-refractivity contribution is -0.130. The molecule has 1 unspecified atom stereocenters. The SMILES string of the molecule is Cc1ccc(C(=O)C2=C(O)C(=O)N(Cc3cccnc3)C2c2ccccc2F)o1. The molecule has 1 N–H and O–H groups in total. The highest BCUT2D eigenvalue weighted by Crippen LogP contribution is 2.40. The van der Waals surface area contributed by atoms with Gasteiger partial charge in [0.1, 0.15) is 11.6 Å². The van der Waals surface area contributed by atoms with Crippen LogP contribution >= 0.6 is 0 Å². The summed E-state index contributed by atoms with van der Waals surface area (Å²) >= 11 is 0. The Bertz CT molecular complexity index is 1120. The fourth-order valence-corrected chi connectivity index (χ4v) is 3.45. The minimum absolute atomic E-state index is 0.0265. The van der Waals surface area contributed by atoms with Crippen molar-refractivity contribution in [3.63, 3.8) is 0 Å². The van der Waals surface area contributed by atoms with E-state index in [-0.39, 0.29) is 23.4 Å². The largest absolute Gasteiger partial charge is 0.503 e. The molecular weight excluding hydrogens is 375 g/mol. The summed E-state index contributed by atoms with van der Waals surface area (Å²) in [5.41, 5.74) is 0.580. The zero-order chi connectivity index (χ0) is 20.5. The number of halogens is 1. The Morgan fingerprint density at radius 1 is 1.21 bits per heavy atom. The topological polar surface area (TPSA) is 83.6 Å². The molecule has 0 radical (unpaired) electrons. The Morgan fingerprint density at radius 2 is 2.00 bits per heavy atom. The first-order chi connectivity index (χ1) is 14.0. The number of furan rings is 1. The van der Waals surface area contributed by atoms with E-state index in [9.17, 15) is 19.1 Å². The summed E-state index contributed by atoms with van der Waals surface area (Å²) in [4.78, 5) is 31.2. The number of benzene rings is 1. The quantitative estimate of drug-likeness (QED) is 0.666. The number of carbonyl (C=O) groups excluding carboxylic acids is 2. The van der Waals surface area contributed by atoms with Gasteiger partial charge in [-0.05, 0) is 36.8 Å². The summed E-state index contributed by atoms with van der Waals surface area (Å²) in [7, 11) is 0. The molecule has 1 aromatic carbocycles. The van der Waals surface area contributed by atoms with Crippen LogP contribution in [0.2, 0.25) is 0 Å². The Hall–Kier alpha value is -3.74.